The van der Waals surface area contributed by atoms with E-state index < -0.39 is 5.54 Å². The van der Waals surface area contributed by atoms with Gasteiger partial charge in [0.1, 0.15) is 5.54 Å². The number of nitrogens with one attached hydrogen (secondary N) is 1. The van der Waals surface area contributed by atoms with Crippen molar-refractivity contribution in [3.8, 4) is 0 Å². The molecule has 4 rings (SSSR count). The van der Waals surface area contributed by atoms with Gasteiger partial charge < -0.3 is 5.73 Å². The third-order valence-electron chi connectivity index (χ3n) is 7.43. The van der Waals surface area contributed by atoms with Gasteiger partial charge in [0.25, 0.3) is 0 Å². The molecule has 1 saturated heterocycles. The van der Waals surface area contributed by atoms with E-state index in [2.05, 4.69) is 19.3 Å². The van der Waals surface area contributed by atoms with Gasteiger partial charge in [-0.2, -0.15) is 0 Å². The van der Waals surface area contributed by atoms with Crippen molar-refractivity contribution in [2.24, 2.45) is 22.5 Å². The van der Waals surface area contributed by atoms with Gasteiger partial charge in [-0.25, -0.2) is 5.01 Å². The molecule has 128 valence electrons. The summed E-state index contributed by atoms with van der Waals surface area (Å²) in [5.74, 6) is 0.144. The zero-order valence-corrected chi connectivity index (χ0v) is 14.3. The lowest BCUT2D eigenvalue weighted by Crippen LogP contribution is -2.66. The number of primary amides is 1. The molecule has 5 heteroatoms. The number of benzene rings is 1. The average Bonchev–Trinajstić information content (AvgIpc) is 2.97. The highest BCUT2D eigenvalue weighted by Gasteiger charge is 2.80. The second kappa shape index (κ2) is 4.82. The first-order valence-electron chi connectivity index (χ1n) is 8.74. The normalized spacial score (nSPS) is 40.0. The van der Waals surface area contributed by atoms with E-state index >= 15 is 0 Å². The summed E-state index contributed by atoms with van der Waals surface area (Å²) in [6.45, 7) is 5.16. The smallest absolute Gasteiger partial charge is 0.240 e. The van der Waals surface area contributed by atoms with Crippen LogP contribution in [0.15, 0.2) is 30.3 Å². The molecule has 0 unspecified atom stereocenters. The minimum absolute atomic E-state index is 0.0437. The summed E-state index contributed by atoms with van der Waals surface area (Å²) in [7, 11) is 0. The molecular weight excluding hydrogens is 302 g/mol. The Hall–Kier alpha value is -1.88. The zero-order valence-electron chi connectivity index (χ0n) is 14.3. The summed E-state index contributed by atoms with van der Waals surface area (Å²) in [6, 6.07) is 9.65. The van der Waals surface area contributed by atoms with E-state index in [1.54, 1.807) is 0 Å². The quantitative estimate of drug-likeness (QED) is 0.882. The van der Waals surface area contributed by atoms with Crippen LogP contribution in [0.1, 0.15) is 38.7 Å². The molecule has 1 heterocycles. The molecule has 3 N–H and O–H groups in total. The number of hydrogen-bond donors (Lipinski definition) is 2. The van der Waals surface area contributed by atoms with Crippen molar-refractivity contribution in [2.75, 3.05) is 6.54 Å². The number of amides is 2. The predicted molar refractivity (Wildman–Crippen MR) is 90.5 cm³/mol. The Labute approximate surface area is 142 Å². The van der Waals surface area contributed by atoms with Crippen LogP contribution in [0.4, 0.5) is 0 Å². The molecule has 1 aliphatic heterocycles. The Morgan fingerprint density at radius 1 is 1.29 bits per heavy atom. The van der Waals surface area contributed by atoms with Gasteiger partial charge >= 0.3 is 0 Å². The van der Waals surface area contributed by atoms with Gasteiger partial charge in [-0.15, -0.1) is 0 Å². The first-order chi connectivity index (χ1) is 11.3. The Kier molecular flexibility index (Phi) is 3.14. The maximum atomic E-state index is 12.5. The molecule has 0 radical (unpaired) electrons. The van der Waals surface area contributed by atoms with Crippen LogP contribution < -0.4 is 11.2 Å². The van der Waals surface area contributed by atoms with Crippen LogP contribution in [0, 0.1) is 16.7 Å². The maximum absolute atomic E-state index is 12.5. The molecule has 1 aromatic rings. The van der Waals surface area contributed by atoms with E-state index in [0.29, 0.717) is 18.9 Å². The lowest BCUT2D eigenvalue weighted by Gasteiger charge is -2.45. The van der Waals surface area contributed by atoms with Crippen molar-refractivity contribution in [3.63, 3.8) is 0 Å². The molecule has 2 saturated carbocycles. The van der Waals surface area contributed by atoms with E-state index in [1.807, 2.05) is 35.3 Å². The van der Waals surface area contributed by atoms with Gasteiger partial charge in [-0.1, -0.05) is 44.2 Å². The third-order valence-corrected chi connectivity index (χ3v) is 7.43. The second-order valence-corrected chi connectivity index (χ2v) is 8.20. The monoisotopic (exact) mass is 327 g/mol. The summed E-state index contributed by atoms with van der Waals surface area (Å²) in [6.07, 6.45) is 3.24. The van der Waals surface area contributed by atoms with E-state index in [-0.39, 0.29) is 22.6 Å². The van der Waals surface area contributed by atoms with Crippen LogP contribution in [-0.2, 0) is 16.0 Å². The molecule has 1 aromatic carbocycles. The fraction of sp³-hybridized carbons (Fsp3) is 0.579. The lowest BCUT2D eigenvalue weighted by molar-refractivity contribution is -0.143. The molecule has 0 aromatic heterocycles. The van der Waals surface area contributed by atoms with Gasteiger partial charge in [0.15, 0.2) is 0 Å². The van der Waals surface area contributed by atoms with Crippen molar-refractivity contribution in [2.45, 2.75) is 45.1 Å². The Bertz CT molecular complexity index is 706. The molecule has 3 fully saturated rings. The Morgan fingerprint density at radius 2 is 2.00 bits per heavy atom. The summed E-state index contributed by atoms with van der Waals surface area (Å²) in [4.78, 5) is 25.0. The maximum Gasteiger partial charge on any atom is 0.240 e. The zero-order chi connectivity index (χ0) is 17.2. The minimum atomic E-state index is -0.739. The van der Waals surface area contributed by atoms with Crippen molar-refractivity contribution >= 4 is 11.8 Å². The molecule has 2 amide bonds. The summed E-state index contributed by atoms with van der Waals surface area (Å²) < 4.78 is 0. The van der Waals surface area contributed by atoms with Crippen molar-refractivity contribution in [1.82, 2.24) is 10.4 Å². The Morgan fingerprint density at radius 3 is 2.62 bits per heavy atom. The van der Waals surface area contributed by atoms with Crippen LogP contribution in [-0.4, -0.2) is 28.9 Å². The van der Waals surface area contributed by atoms with E-state index in [1.165, 1.54) is 0 Å². The highest BCUT2D eigenvalue weighted by Crippen LogP contribution is 2.75. The van der Waals surface area contributed by atoms with Crippen LogP contribution >= 0.6 is 0 Å². The topological polar surface area (TPSA) is 75.4 Å². The Balaban J connectivity index is 1.59. The van der Waals surface area contributed by atoms with Gasteiger partial charge in [-0.3, -0.25) is 15.0 Å². The van der Waals surface area contributed by atoms with Crippen molar-refractivity contribution < 1.29 is 9.59 Å². The fourth-order valence-electron chi connectivity index (χ4n) is 5.89. The van der Waals surface area contributed by atoms with Gasteiger partial charge in [0.05, 0.1) is 6.42 Å². The van der Waals surface area contributed by atoms with Gasteiger partial charge in [0, 0.05) is 12.0 Å². The molecule has 4 bridgehead atoms. The first-order valence-corrected chi connectivity index (χ1v) is 8.74. The molecule has 24 heavy (non-hydrogen) atoms. The minimum Gasteiger partial charge on any atom is -0.368 e. The van der Waals surface area contributed by atoms with Gasteiger partial charge in [0.2, 0.25) is 11.8 Å². The highest BCUT2D eigenvalue weighted by atomic mass is 16.2. The first kappa shape index (κ1) is 15.6. The molecule has 3 aliphatic rings. The van der Waals surface area contributed by atoms with Crippen LogP contribution in [0.3, 0.4) is 0 Å². The number of hydrazine groups is 1. The number of nitrogens with zero attached hydrogens (tertiary/aromatic N) is 1. The second-order valence-electron chi connectivity index (χ2n) is 8.20. The number of carbonyl (C=O) groups is 2. The van der Waals surface area contributed by atoms with Crippen LogP contribution in [0.25, 0.3) is 0 Å². The summed E-state index contributed by atoms with van der Waals surface area (Å²) in [5.41, 5.74) is 9.01. The number of piperidine rings is 1. The van der Waals surface area contributed by atoms with Crippen molar-refractivity contribution in [3.05, 3.63) is 35.9 Å². The van der Waals surface area contributed by atoms with Crippen LogP contribution in [0.2, 0.25) is 0 Å². The van der Waals surface area contributed by atoms with E-state index in [4.69, 9.17) is 5.73 Å². The number of hydrogen-bond acceptors (Lipinski definition) is 3. The highest BCUT2D eigenvalue weighted by molar-refractivity contribution is 5.88. The standard InChI is InChI=1S/C19H25N3O2/c1-17-12-22(21-15(23)10-13-6-4-3-5-7-13)19(16(20)24)11-14(17)8-9-18(17,19)2/h3-7,14H,8-12H2,1-2H3,(H2,20,24)(H,21,23)/t14-,17-,18+,19-/m0/s1. The van der Waals surface area contributed by atoms with Gasteiger partial charge in [-0.05, 0) is 36.2 Å². The third kappa shape index (κ3) is 1.68. The van der Waals surface area contributed by atoms with E-state index in [9.17, 15) is 9.59 Å². The largest absolute Gasteiger partial charge is 0.368 e. The average molecular weight is 327 g/mol. The summed E-state index contributed by atoms with van der Waals surface area (Å²) in [5, 5.41) is 1.87. The summed E-state index contributed by atoms with van der Waals surface area (Å²) >= 11 is 0. The predicted octanol–water partition coefficient (Wildman–Crippen LogP) is 1.63. The van der Waals surface area contributed by atoms with E-state index in [0.717, 1.165) is 24.8 Å². The molecule has 4 atom stereocenters. The molecular formula is C19H25N3O2. The lowest BCUT2D eigenvalue weighted by atomic mass is 9.65. The number of rotatable bonds is 4. The number of carbonyl (C=O) groups excluding carboxylic acids is 2. The number of nitrogens with two attached hydrogens (primary N) is 1. The SMILES string of the molecule is C[C@]12CC[C@H]3C[C@@]1(C(N)=O)N(NC(=O)Cc1ccccc1)C[C@@]32C. The fourth-order valence-corrected chi connectivity index (χ4v) is 5.89. The molecule has 0 spiro atoms. The van der Waals surface area contributed by atoms with Crippen molar-refractivity contribution in [1.29, 1.82) is 0 Å². The van der Waals surface area contributed by atoms with Crippen LogP contribution in [0.5, 0.6) is 0 Å². The molecule has 2 aliphatic carbocycles. The molecule has 5 nitrogen and oxygen atoms in total.